The van der Waals surface area contributed by atoms with Crippen LogP contribution in [0, 0.1) is 13.8 Å². The van der Waals surface area contributed by atoms with Crippen LogP contribution in [-0.4, -0.2) is 70.3 Å². The fraction of sp³-hybridized carbons (Fsp3) is 0.353. The monoisotopic (exact) mass is 455 g/mol. The first-order valence-electron chi connectivity index (χ1n) is 8.69. The number of aromatic nitrogens is 2. The van der Waals surface area contributed by atoms with Crippen LogP contribution in [-0.2, 0) is 20.0 Å². The molecule has 11 nitrogen and oxygen atoms in total. The number of hydrogen-bond donors (Lipinski definition) is 1. The van der Waals surface area contributed by atoms with E-state index in [9.17, 15) is 16.8 Å². The summed E-state index contributed by atoms with van der Waals surface area (Å²) in [6.45, 7) is 3.35. The van der Waals surface area contributed by atoms with Gasteiger partial charge in [-0.1, -0.05) is 12.1 Å². The first-order valence-corrected chi connectivity index (χ1v) is 11.6. The molecule has 0 bridgehead atoms. The predicted molar refractivity (Wildman–Crippen MR) is 114 cm³/mol. The lowest BCUT2D eigenvalue weighted by atomic mass is 10.4. The fourth-order valence-electron chi connectivity index (χ4n) is 2.55. The quantitative estimate of drug-likeness (QED) is 0.373. The molecule has 0 saturated heterocycles. The van der Waals surface area contributed by atoms with Crippen molar-refractivity contribution >= 4 is 32.0 Å². The van der Waals surface area contributed by atoms with Gasteiger partial charge in [0.2, 0.25) is 21.9 Å². The Balaban J connectivity index is 2.86. The predicted octanol–water partition coefficient (Wildman–Crippen LogP) is 0.330. The second-order valence-electron chi connectivity index (χ2n) is 6.76. The molecule has 0 spiro atoms. The van der Waals surface area contributed by atoms with Gasteiger partial charge in [-0.3, -0.25) is 5.01 Å². The van der Waals surface area contributed by atoms with E-state index in [0.717, 1.165) is 4.31 Å². The minimum Gasteiger partial charge on any atom is -0.367 e. The van der Waals surface area contributed by atoms with E-state index in [4.69, 9.17) is 5.73 Å². The Labute approximate surface area is 176 Å². The average Bonchev–Trinajstić information content (AvgIpc) is 2.60. The number of aryl methyl sites for hydroxylation is 2. The van der Waals surface area contributed by atoms with Crippen molar-refractivity contribution in [3.63, 3.8) is 0 Å². The summed E-state index contributed by atoms with van der Waals surface area (Å²) in [5, 5.41) is 5.28. The molecule has 2 aromatic rings. The Kier molecular flexibility index (Phi) is 6.69. The van der Waals surface area contributed by atoms with E-state index in [1.54, 1.807) is 34.0 Å². The summed E-state index contributed by atoms with van der Waals surface area (Å²) in [6.07, 6.45) is 0. The second-order valence-corrected chi connectivity index (χ2v) is 10.6. The third kappa shape index (κ3) is 4.68. The Morgan fingerprint density at radius 3 is 1.80 bits per heavy atom. The van der Waals surface area contributed by atoms with Crippen LogP contribution in [0.15, 0.2) is 45.2 Å². The van der Waals surface area contributed by atoms with Crippen molar-refractivity contribution < 1.29 is 16.8 Å². The molecule has 1 aromatic heterocycles. The lowest BCUT2D eigenvalue weighted by Gasteiger charge is -2.24. The Morgan fingerprint density at radius 2 is 1.37 bits per heavy atom. The molecule has 1 aromatic carbocycles. The van der Waals surface area contributed by atoms with Crippen molar-refractivity contribution in [2.75, 3.05) is 32.5 Å². The summed E-state index contributed by atoms with van der Waals surface area (Å²) in [6, 6.07) is 6.91. The number of nitrogens with two attached hydrogens (primary N) is 1. The SMILES string of the molecule is Cc1cc(C)nc(N(C(N)=NN(C)C)S(=O)(=O)c2ccccc2S(=O)(=O)N(C)C)n1. The van der Waals surface area contributed by atoms with Crippen molar-refractivity contribution in [1.29, 1.82) is 0 Å². The first kappa shape index (κ1) is 23.5. The largest absolute Gasteiger partial charge is 0.367 e. The minimum atomic E-state index is -4.56. The summed E-state index contributed by atoms with van der Waals surface area (Å²) in [7, 11) is -2.89. The van der Waals surface area contributed by atoms with Gasteiger partial charge in [0.15, 0.2) is 0 Å². The van der Waals surface area contributed by atoms with Crippen molar-refractivity contribution in [1.82, 2.24) is 19.3 Å². The number of hydrazone groups is 1. The van der Waals surface area contributed by atoms with Crippen molar-refractivity contribution in [2.24, 2.45) is 10.8 Å². The summed E-state index contributed by atoms with van der Waals surface area (Å²) in [5.41, 5.74) is 7.02. The van der Waals surface area contributed by atoms with Gasteiger partial charge in [-0.05, 0) is 32.0 Å². The molecule has 0 aliphatic heterocycles. The summed E-state index contributed by atoms with van der Waals surface area (Å²) >= 11 is 0. The Hall–Kier alpha value is -2.77. The van der Waals surface area contributed by atoms with Crippen LogP contribution in [0.4, 0.5) is 5.95 Å². The normalized spacial score (nSPS) is 12.8. The maximum Gasteiger partial charge on any atom is 0.274 e. The van der Waals surface area contributed by atoms with E-state index in [0.29, 0.717) is 15.7 Å². The number of hydrogen-bond acceptors (Lipinski definition) is 8. The minimum absolute atomic E-state index is 0.243. The summed E-state index contributed by atoms with van der Waals surface area (Å²) in [5.74, 6) is -0.685. The standard InChI is InChI=1S/C17H25N7O4S2/c1-12-11-13(2)20-17(19-12)24(16(18)21-22(3)4)30(27,28)15-10-8-7-9-14(15)29(25,26)23(5)6/h7-11H,1-6H3,(H2,18,21). The molecule has 164 valence electrons. The molecule has 0 saturated carbocycles. The molecule has 0 aliphatic rings. The van der Waals surface area contributed by atoms with Gasteiger partial charge in [-0.2, -0.15) is 4.31 Å². The van der Waals surface area contributed by atoms with Gasteiger partial charge in [-0.25, -0.2) is 31.1 Å². The molecule has 0 radical (unpaired) electrons. The number of benzene rings is 1. The second kappa shape index (κ2) is 8.53. The Bertz CT molecular complexity index is 1160. The number of guanidine groups is 1. The van der Waals surface area contributed by atoms with E-state index in [2.05, 4.69) is 15.1 Å². The molecule has 0 fully saturated rings. The molecule has 2 rings (SSSR count). The molecular weight excluding hydrogens is 430 g/mol. The third-order valence-corrected chi connectivity index (χ3v) is 7.53. The van der Waals surface area contributed by atoms with E-state index in [1.165, 1.54) is 43.4 Å². The molecule has 0 unspecified atom stereocenters. The maximum absolute atomic E-state index is 13.7. The molecule has 0 aliphatic carbocycles. The fourth-order valence-corrected chi connectivity index (χ4v) is 5.50. The highest BCUT2D eigenvalue weighted by atomic mass is 32.2. The smallest absolute Gasteiger partial charge is 0.274 e. The maximum atomic E-state index is 13.7. The zero-order valence-corrected chi connectivity index (χ0v) is 19.2. The van der Waals surface area contributed by atoms with Crippen LogP contribution >= 0.6 is 0 Å². The molecule has 13 heteroatoms. The van der Waals surface area contributed by atoms with Crippen LogP contribution < -0.4 is 10.0 Å². The highest BCUT2D eigenvalue weighted by Gasteiger charge is 2.36. The highest BCUT2D eigenvalue weighted by Crippen LogP contribution is 2.28. The van der Waals surface area contributed by atoms with Gasteiger partial charge in [0.1, 0.15) is 9.79 Å². The molecular formula is C17H25N7O4S2. The van der Waals surface area contributed by atoms with Gasteiger partial charge in [0.05, 0.1) is 0 Å². The van der Waals surface area contributed by atoms with E-state index >= 15 is 0 Å². The van der Waals surface area contributed by atoms with Crippen molar-refractivity contribution in [3.8, 4) is 0 Å². The number of rotatable bonds is 6. The van der Waals surface area contributed by atoms with Crippen LogP contribution in [0.1, 0.15) is 11.4 Å². The number of nitrogens with zero attached hydrogens (tertiary/aromatic N) is 6. The van der Waals surface area contributed by atoms with Crippen LogP contribution in [0.3, 0.4) is 0 Å². The number of sulfonamides is 2. The van der Waals surface area contributed by atoms with Gasteiger partial charge >= 0.3 is 0 Å². The summed E-state index contributed by atoms with van der Waals surface area (Å²) < 4.78 is 54.4. The van der Waals surface area contributed by atoms with Crippen LogP contribution in [0.2, 0.25) is 0 Å². The zero-order chi connectivity index (χ0) is 22.9. The zero-order valence-electron chi connectivity index (χ0n) is 17.6. The van der Waals surface area contributed by atoms with Crippen LogP contribution in [0.25, 0.3) is 0 Å². The molecule has 0 amide bonds. The number of anilines is 1. The molecule has 0 atom stereocenters. The third-order valence-electron chi connectivity index (χ3n) is 3.79. The highest BCUT2D eigenvalue weighted by molar-refractivity contribution is 7.95. The Morgan fingerprint density at radius 1 is 0.900 bits per heavy atom. The lowest BCUT2D eigenvalue weighted by Crippen LogP contribution is -2.44. The molecule has 2 N–H and O–H groups in total. The average molecular weight is 456 g/mol. The van der Waals surface area contributed by atoms with E-state index < -0.39 is 35.8 Å². The van der Waals surface area contributed by atoms with Gasteiger partial charge in [-0.15, -0.1) is 5.10 Å². The van der Waals surface area contributed by atoms with E-state index in [-0.39, 0.29) is 5.95 Å². The van der Waals surface area contributed by atoms with Crippen LogP contribution in [0.5, 0.6) is 0 Å². The van der Waals surface area contributed by atoms with Crippen molar-refractivity contribution in [2.45, 2.75) is 23.6 Å². The molecule has 30 heavy (non-hydrogen) atoms. The van der Waals surface area contributed by atoms with Gasteiger partial charge in [0.25, 0.3) is 10.0 Å². The lowest BCUT2D eigenvalue weighted by molar-refractivity contribution is 0.436. The van der Waals surface area contributed by atoms with Crippen molar-refractivity contribution in [3.05, 3.63) is 41.7 Å². The molecule has 1 heterocycles. The van der Waals surface area contributed by atoms with Gasteiger partial charge in [0, 0.05) is 39.6 Å². The first-order chi connectivity index (χ1) is 13.8. The van der Waals surface area contributed by atoms with E-state index in [1.807, 2.05) is 0 Å². The van der Waals surface area contributed by atoms with Gasteiger partial charge < -0.3 is 5.73 Å². The topological polar surface area (TPSA) is 142 Å². The summed E-state index contributed by atoms with van der Waals surface area (Å²) in [4.78, 5) is 7.48.